The largest absolute Gasteiger partial charge is 4.00 e. The van der Waals surface area contributed by atoms with E-state index in [0.717, 1.165) is 0 Å². The van der Waals surface area contributed by atoms with Gasteiger partial charge in [0.05, 0.1) is 19.2 Å². The van der Waals surface area contributed by atoms with E-state index in [1.54, 1.807) is 4.90 Å². The molecule has 1 fully saturated rings. The number of hydrogen-bond acceptors (Lipinski definition) is 7. The van der Waals surface area contributed by atoms with Gasteiger partial charge in [0.2, 0.25) is 0 Å². The minimum Gasteiger partial charge on any atom is -0.870 e. The number of nitrogens with zero attached hydrogens (tertiary/aromatic N) is 1. The number of hydrogen-bond donors (Lipinski definition) is 2. The second-order valence-corrected chi connectivity index (χ2v) is 2.84. The molecule has 0 spiro atoms. The molecule has 7 nitrogen and oxygen atoms in total. The van der Waals surface area contributed by atoms with Crippen molar-refractivity contribution in [3.63, 3.8) is 0 Å². The van der Waals surface area contributed by atoms with Crippen LogP contribution >= 0.6 is 0 Å². The maximum Gasteiger partial charge on any atom is 4.00 e. The van der Waals surface area contributed by atoms with Crippen LogP contribution in [0, 0.1) is 0 Å². The van der Waals surface area contributed by atoms with E-state index in [4.69, 9.17) is 16.2 Å². The molecule has 0 amide bonds. The van der Waals surface area contributed by atoms with Gasteiger partial charge in [0, 0.05) is 32.7 Å². The van der Waals surface area contributed by atoms with E-state index in [2.05, 4.69) is 0 Å². The van der Waals surface area contributed by atoms with E-state index in [1.165, 1.54) is 0 Å². The Bertz CT molecular complexity index is 154. The average Bonchev–Trinajstić information content (AvgIpc) is 2.19. The Hall–Kier alpha value is -0.0417. The van der Waals surface area contributed by atoms with Crippen molar-refractivity contribution < 1.29 is 41.2 Å². The van der Waals surface area contributed by atoms with E-state index in [0.29, 0.717) is 39.4 Å². The molecule has 98 valence electrons. The predicted octanol–water partition coefficient (Wildman–Crippen LogP) is -3.21. The zero-order valence-electron chi connectivity index (χ0n) is 9.04. The van der Waals surface area contributed by atoms with Gasteiger partial charge in [-0.05, 0) is 0 Å². The van der Waals surface area contributed by atoms with Crippen molar-refractivity contribution in [2.24, 2.45) is 11.5 Å². The molecule has 1 heterocycles. The van der Waals surface area contributed by atoms with Crippen LogP contribution in [0.2, 0.25) is 0 Å². The maximum atomic E-state index is 10.1. The first-order valence-electron chi connectivity index (χ1n) is 4.60. The molecule has 0 aromatic heterocycles. The molecule has 0 atom stereocenters. The first kappa shape index (κ1) is 21.3. The summed E-state index contributed by atoms with van der Waals surface area (Å²) in [4.78, 5) is 11.9. The molecule has 0 saturated carbocycles. The van der Waals surface area contributed by atoms with Gasteiger partial charge in [-0.15, -0.1) is 0 Å². The van der Waals surface area contributed by atoms with E-state index in [-0.39, 0.29) is 33.1 Å². The molecule has 1 aliphatic rings. The molecule has 0 radical (unpaired) electrons. The number of aliphatic carboxylic acids is 1. The zero-order valence-corrected chi connectivity index (χ0v) is 11.3. The van der Waals surface area contributed by atoms with Gasteiger partial charge in [0.25, 0.3) is 0 Å². The van der Waals surface area contributed by atoms with Crippen molar-refractivity contribution in [2.75, 3.05) is 45.9 Å². The maximum absolute atomic E-state index is 10.1. The van der Waals surface area contributed by atoms with Crippen molar-refractivity contribution in [3.05, 3.63) is 0 Å². The van der Waals surface area contributed by atoms with Crippen LogP contribution in [0.3, 0.4) is 0 Å². The zero-order chi connectivity index (χ0) is 10.8. The van der Waals surface area contributed by atoms with Crippen LogP contribution in [-0.2, 0) is 30.6 Å². The van der Waals surface area contributed by atoms with E-state index in [9.17, 15) is 9.90 Å². The summed E-state index contributed by atoms with van der Waals surface area (Å²) in [6, 6.07) is 0. The Morgan fingerprint density at radius 2 is 1.69 bits per heavy atom. The van der Waals surface area contributed by atoms with Crippen molar-refractivity contribution in [1.29, 1.82) is 0 Å². The Kier molecular flexibility index (Phi) is 19.9. The van der Waals surface area contributed by atoms with Crippen molar-refractivity contribution >= 4 is 5.97 Å². The molecule has 1 rings (SSSR count). The third kappa shape index (κ3) is 14.0. The number of morpholine rings is 1. The summed E-state index contributed by atoms with van der Waals surface area (Å²) in [5, 5.41) is 10.1. The van der Waals surface area contributed by atoms with Gasteiger partial charge in [-0.25, -0.2) is 0 Å². The van der Waals surface area contributed by atoms with Gasteiger partial charge in [-0.2, -0.15) is 0 Å². The third-order valence-corrected chi connectivity index (χ3v) is 1.62. The van der Waals surface area contributed by atoms with Crippen LogP contribution < -0.4 is 16.6 Å². The summed E-state index contributed by atoms with van der Waals surface area (Å²) in [7, 11) is 0. The molecule has 0 bridgehead atoms. The average molecular weight is 416 g/mol. The molecule has 1 saturated heterocycles. The number of rotatable bonds is 3. The molecule has 16 heavy (non-hydrogen) atoms. The molecule has 0 unspecified atom stereocenters. The van der Waals surface area contributed by atoms with Crippen molar-refractivity contribution in [1.82, 2.24) is 4.90 Å². The van der Waals surface area contributed by atoms with Crippen LogP contribution in [0.1, 0.15) is 0 Å². The topological polar surface area (TPSA) is 135 Å². The first-order chi connectivity index (χ1) is 6.70. The normalized spacial score (nSPS) is 14.9. The number of carboxylic acid groups (broad SMARTS) is 1. The number of carboxylic acids is 1. The number of ether oxygens (including phenoxy) is 1. The Balaban J connectivity index is -0.000000249. The van der Waals surface area contributed by atoms with E-state index >= 15 is 0 Å². The molecule has 0 aromatic carbocycles. The first-order valence-corrected chi connectivity index (χ1v) is 4.60. The third-order valence-electron chi connectivity index (χ3n) is 1.62. The second kappa shape index (κ2) is 15.0. The molecule has 0 aliphatic carbocycles. The second-order valence-electron chi connectivity index (χ2n) is 2.84. The van der Waals surface area contributed by atoms with Crippen LogP contribution in [0.25, 0.3) is 0 Å². The van der Waals surface area contributed by atoms with Crippen molar-refractivity contribution in [2.45, 2.75) is 0 Å². The smallest absolute Gasteiger partial charge is 0.870 e. The Labute approximate surface area is 110 Å². The quantitative estimate of drug-likeness (QED) is 0.495. The Morgan fingerprint density at radius 1 is 1.25 bits per heavy atom. The predicted molar refractivity (Wildman–Crippen MR) is 52.3 cm³/mol. The van der Waals surface area contributed by atoms with Gasteiger partial charge in [-0.1, -0.05) is 0 Å². The molecular formula is C8H19N3O4Pt+2. The van der Waals surface area contributed by atoms with Crippen molar-refractivity contribution in [3.8, 4) is 0 Å². The van der Waals surface area contributed by atoms with Crippen LogP contribution in [0.4, 0.5) is 0 Å². The summed E-state index contributed by atoms with van der Waals surface area (Å²) in [5.41, 5.74) is 9.81. The summed E-state index contributed by atoms with van der Waals surface area (Å²) >= 11 is 0. The number of carbonyl (C=O) groups is 1. The minimum absolute atomic E-state index is 0. The van der Waals surface area contributed by atoms with Gasteiger partial charge < -0.3 is 31.6 Å². The molecule has 1 aliphatic heterocycles. The number of nitrogens with two attached hydrogens (primary N) is 2. The SMILES string of the molecule is NCCN.O=C([O-])CN1CCOCC1.[OH-].[Pt+4]. The molecule has 8 heteroatoms. The van der Waals surface area contributed by atoms with Crippen LogP contribution in [0.15, 0.2) is 0 Å². The fourth-order valence-corrected chi connectivity index (χ4v) is 0.942. The van der Waals surface area contributed by atoms with Crippen LogP contribution in [0.5, 0.6) is 0 Å². The summed E-state index contributed by atoms with van der Waals surface area (Å²) in [6.07, 6.45) is 0. The summed E-state index contributed by atoms with van der Waals surface area (Å²) in [6.45, 7) is 3.89. The monoisotopic (exact) mass is 416 g/mol. The molecule has 5 N–H and O–H groups in total. The number of carbonyl (C=O) groups excluding carboxylic acids is 1. The fourth-order valence-electron chi connectivity index (χ4n) is 0.942. The summed E-state index contributed by atoms with van der Waals surface area (Å²) in [5.74, 6) is -1.01. The van der Waals surface area contributed by atoms with Gasteiger partial charge in [0.15, 0.2) is 0 Å². The minimum atomic E-state index is -1.01. The van der Waals surface area contributed by atoms with Gasteiger partial charge >= 0.3 is 21.1 Å². The standard InChI is InChI=1S/C6H11NO3.C2H8N2.H2O.Pt/c8-6(9)5-7-1-3-10-4-2-7;3-1-2-4;;/h1-5H2,(H,8,9);1-4H2;1H2;/q;;;+4/p-2. The van der Waals surface area contributed by atoms with Gasteiger partial charge in [0.1, 0.15) is 0 Å². The van der Waals surface area contributed by atoms with Crippen LogP contribution in [-0.4, -0.2) is 62.3 Å². The fraction of sp³-hybridized carbons (Fsp3) is 0.875. The molecule has 0 aromatic rings. The Morgan fingerprint density at radius 3 is 2.00 bits per heavy atom. The molecular weight excluding hydrogens is 397 g/mol. The summed E-state index contributed by atoms with van der Waals surface area (Å²) < 4.78 is 5.03. The van der Waals surface area contributed by atoms with E-state index in [1.807, 2.05) is 0 Å². The van der Waals surface area contributed by atoms with E-state index < -0.39 is 5.97 Å². The van der Waals surface area contributed by atoms with Gasteiger partial charge in [-0.3, -0.25) is 4.90 Å².